The van der Waals surface area contributed by atoms with E-state index in [9.17, 15) is 9.59 Å². The van der Waals surface area contributed by atoms with E-state index in [1.165, 1.54) is 6.08 Å². The summed E-state index contributed by atoms with van der Waals surface area (Å²) in [5.74, 6) is -1.06. The van der Waals surface area contributed by atoms with Crippen LogP contribution in [0.2, 0.25) is 0 Å². The molecule has 2 aromatic rings. The molecule has 0 unspecified atom stereocenters. The summed E-state index contributed by atoms with van der Waals surface area (Å²) in [5, 5.41) is 8.63. The average molecular weight is 282 g/mol. The van der Waals surface area contributed by atoms with Crippen LogP contribution in [0.4, 0.5) is 0 Å². The van der Waals surface area contributed by atoms with Gasteiger partial charge in [0, 0.05) is 0 Å². The number of allylic oxidation sites excluding steroid dienone is 1. The number of hydrogen-bond acceptors (Lipinski definition) is 3. The molecule has 1 N–H and O–H groups in total. The molecular weight excluding hydrogens is 268 g/mol. The second-order valence-corrected chi connectivity index (χ2v) is 4.29. The highest BCUT2D eigenvalue weighted by Crippen LogP contribution is 2.19. The number of carbonyl (C=O) groups is 2. The molecule has 0 atom stereocenters. The molecule has 0 radical (unpaired) electrons. The van der Waals surface area contributed by atoms with Crippen LogP contribution in [0.5, 0.6) is 5.75 Å². The van der Waals surface area contributed by atoms with Crippen molar-refractivity contribution in [1.29, 1.82) is 0 Å². The van der Waals surface area contributed by atoms with Crippen molar-refractivity contribution in [3.05, 3.63) is 71.8 Å². The fourth-order valence-electron chi connectivity index (χ4n) is 1.76. The first-order valence-electron chi connectivity index (χ1n) is 6.38. The minimum atomic E-state index is -1.09. The molecule has 0 heterocycles. The Labute approximate surface area is 122 Å². The van der Waals surface area contributed by atoms with E-state index in [2.05, 4.69) is 0 Å². The summed E-state index contributed by atoms with van der Waals surface area (Å²) in [6.07, 6.45) is 3.15. The molecule has 21 heavy (non-hydrogen) atoms. The van der Waals surface area contributed by atoms with Crippen LogP contribution in [0.25, 0.3) is 6.08 Å². The lowest BCUT2D eigenvalue weighted by atomic mass is 10.1. The van der Waals surface area contributed by atoms with Crippen molar-refractivity contribution >= 4 is 17.8 Å². The normalized spacial score (nSPS) is 10.5. The quantitative estimate of drug-likeness (QED) is 0.653. The van der Waals surface area contributed by atoms with Crippen LogP contribution in [0.3, 0.4) is 0 Å². The number of carboxylic acid groups (broad SMARTS) is 1. The molecule has 0 saturated heterocycles. The molecule has 0 bridgehead atoms. The summed E-state index contributed by atoms with van der Waals surface area (Å²) in [6, 6.07) is 16.0. The Balaban J connectivity index is 2.15. The van der Waals surface area contributed by atoms with E-state index in [1.807, 2.05) is 30.3 Å². The molecule has 0 aliphatic heterocycles. The third-order valence-electron chi connectivity index (χ3n) is 2.73. The zero-order chi connectivity index (χ0) is 15.1. The van der Waals surface area contributed by atoms with Gasteiger partial charge in [-0.3, -0.25) is 4.79 Å². The molecule has 0 saturated carbocycles. The van der Waals surface area contributed by atoms with Crippen molar-refractivity contribution in [3.63, 3.8) is 0 Å². The lowest BCUT2D eigenvalue weighted by molar-refractivity contribution is -0.139. The highest BCUT2D eigenvalue weighted by Gasteiger charge is 2.10. The number of aliphatic carboxylic acids is 1. The highest BCUT2D eigenvalue weighted by molar-refractivity contribution is 6.08. The van der Waals surface area contributed by atoms with Gasteiger partial charge in [0.2, 0.25) is 0 Å². The minimum Gasteiger partial charge on any atom is -0.481 e. The van der Waals surface area contributed by atoms with Gasteiger partial charge >= 0.3 is 5.97 Å². The van der Waals surface area contributed by atoms with Crippen LogP contribution < -0.4 is 4.74 Å². The van der Waals surface area contributed by atoms with E-state index in [0.29, 0.717) is 5.56 Å². The Morgan fingerprint density at radius 1 is 1.00 bits per heavy atom. The Hall–Kier alpha value is -2.88. The number of carboxylic acids is 1. The van der Waals surface area contributed by atoms with Crippen molar-refractivity contribution in [2.45, 2.75) is 0 Å². The van der Waals surface area contributed by atoms with Crippen LogP contribution in [0.1, 0.15) is 15.9 Å². The third-order valence-corrected chi connectivity index (χ3v) is 2.73. The van der Waals surface area contributed by atoms with Gasteiger partial charge in [-0.2, -0.15) is 0 Å². The first-order chi connectivity index (χ1) is 10.2. The molecule has 0 amide bonds. The second kappa shape index (κ2) is 7.05. The van der Waals surface area contributed by atoms with Gasteiger partial charge in [0.1, 0.15) is 5.75 Å². The largest absolute Gasteiger partial charge is 0.481 e. The number of hydrogen-bond donors (Lipinski definition) is 1. The van der Waals surface area contributed by atoms with Gasteiger partial charge in [-0.25, -0.2) is 4.79 Å². The van der Waals surface area contributed by atoms with Crippen LogP contribution in [0, 0.1) is 0 Å². The summed E-state index contributed by atoms with van der Waals surface area (Å²) in [4.78, 5) is 22.7. The highest BCUT2D eigenvalue weighted by atomic mass is 16.5. The van der Waals surface area contributed by atoms with E-state index in [1.54, 1.807) is 30.3 Å². The van der Waals surface area contributed by atoms with E-state index in [-0.39, 0.29) is 11.5 Å². The molecule has 4 heteroatoms. The van der Waals surface area contributed by atoms with E-state index < -0.39 is 12.6 Å². The standard InChI is InChI=1S/C17H14O4/c18-15(11-10-13-6-2-1-3-7-13)14-8-4-5-9-16(14)21-12-17(19)20/h1-11H,12H2,(H,19,20). The molecule has 0 fully saturated rings. The number of benzene rings is 2. The Morgan fingerprint density at radius 2 is 1.67 bits per heavy atom. The van der Waals surface area contributed by atoms with Gasteiger partial charge in [0.05, 0.1) is 5.56 Å². The first kappa shape index (κ1) is 14.5. The van der Waals surface area contributed by atoms with Gasteiger partial charge in [-0.05, 0) is 23.8 Å². The summed E-state index contributed by atoms with van der Waals surface area (Å²) in [6.45, 7) is -0.479. The molecule has 0 aliphatic carbocycles. The molecule has 2 rings (SSSR count). The number of para-hydroxylation sites is 1. The Morgan fingerprint density at radius 3 is 2.38 bits per heavy atom. The van der Waals surface area contributed by atoms with Crippen molar-refractivity contribution < 1.29 is 19.4 Å². The van der Waals surface area contributed by atoms with Gasteiger partial charge in [-0.1, -0.05) is 48.5 Å². The van der Waals surface area contributed by atoms with Crippen molar-refractivity contribution in [3.8, 4) is 5.75 Å². The fraction of sp³-hybridized carbons (Fsp3) is 0.0588. The predicted octanol–water partition coefficient (Wildman–Crippen LogP) is 3.05. The summed E-state index contributed by atoms with van der Waals surface area (Å²) in [5.41, 5.74) is 1.25. The van der Waals surface area contributed by atoms with Crippen LogP contribution in [-0.4, -0.2) is 23.5 Å². The summed E-state index contributed by atoms with van der Waals surface area (Å²) in [7, 11) is 0. The maximum atomic E-state index is 12.2. The first-order valence-corrected chi connectivity index (χ1v) is 6.38. The Bertz CT molecular complexity index is 660. The molecule has 106 valence electrons. The van der Waals surface area contributed by atoms with Crippen LogP contribution >= 0.6 is 0 Å². The SMILES string of the molecule is O=C(O)COc1ccccc1C(=O)C=Cc1ccccc1. The Kier molecular flexibility index (Phi) is 4.88. The molecule has 0 spiro atoms. The zero-order valence-electron chi connectivity index (χ0n) is 11.2. The van der Waals surface area contributed by atoms with Gasteiger partial charge in [-0.15, -0.1) is 0 Å². The lowest BCUT2D eigenvalue weighted by Gasteiger charge is -2.07. The number of carbonyl (C=O) groups excluding carboxylic acids is 1. The number of ether oxygens (including phenoxy) is 1. The summed E-state index contributed by atoms with van der Waals surface area (Å²) < 4.78 is 5.12. The molecule has 2 aromatic carbocycles. The number of ketones is 1. The molecule has 4 nitrogen and oxygen atoms in total. The zero-order valence-corrected chi connectivity index (χ0v) is 11.2. The van der Waals surface area contributed by atoms with E-state index >= 15 is 0 Å². The summed E-state index contributed by atoms with van der Waals surface area (Å²) >= 11 is 0. The predicted molar refractivity (Wildman–Crippen MR) is 79.4 cm³/mol. The van der Waals surface area contributed by atoms with E-state index in [0.717, 1.165) is 5.56 Å². The minimum absolute atomic E-state index is 0.236. The maximum Gasteiger partial charge on any atom is 0.341 e. The number of rotatable bonds is 6. The fourth-order valence-corrected chi connectivity index (χ4v) is 1.76. The monoisotopic (exact) mass is 282 g/mol. The third kappa shape index (κ3) is 4.31. The maximum absolute atomic E-state index is 12.2. The topological polar surface area (TPSA) is 63.6 Å². The molecule has 0 aromatic heterocycles. The van der Waals surface area contributed by atoms with Crippen LogP contribution in [0.15, 0.2) is 60.7 Å². The van der Waals surface area contributed by atoms with Gasteiger partial charge < -0.3 is 9.84 Å². The van der Waals surface area contributed by atoms with E-state index in [4.69, 9.17) is 9.84 Å². The van der Waals surface area contributed by atoms with Gasteiger partial charge in [0.15, 0.2) is 12.4 Å². The second-order valence-electron chi connectivity index (χ2n) is 4.29. The van der Waals surface area contributed by atoms with Gasteiger partial charge in [0.25, 0.3) is 0 Å². The molecule has 0 aliphatic rings. The van der Waals surface area contributed by atoms with Crippen molar-refractivity contribution in [2.24, 2.45) is 0 Å². The van der Waals surface area contributed by atoms with Crippen molar-refractivity contribution in [1.82, 2.24) is 0 Å². The smallest absolute Gasteiger partial charge is 0.341 e. The molecular formula is C17H14O4. The lowest BCUT2D eigenvalue weighted by Crippen LogP contribution is -2.11. The van der Waals surface area contributed by atoms with Crippen LogP contribution in [-0.2, 0) is 4.79 Å². The van der Waals surface area contributed by atoms with Crippen molar-refractivity contribution in [2.75, 3.05) is 6.61 Å². The average Bonchev–Trinajstić information content (AvgIpc) is 2.52.